The van der Waals surface area contributed by atoms with E-state index >= 15 is 0 Å². The molecule has 6 atom stereocenters. The van der Waals surface area contributed by atoms with Gasteiger partial charge < -0.3 is 30.1 Å². The molecule has 4 N–H and O–H groups in total. The van der Waals surface area contributed by atoms with Gasteiger partial charge in [-0.2, -0.15) is 0 Å². The van der Waals surface area contributed by atoms with E-state index in [2.05, 4.69) is 17.0 Å². The monoisotopic (exact) mass is 629 g/mol. The molecule has 2 aliphatic heterocycles. The van der Waals surface area contributed by atoms with Gasteiger partial charge in [0, 0.05) is 29.3 Å². The van der Waals surface area contributed by atoms with Crippen LogP contribution in [0.5, 0.6) is 5.75 Å². The molecular formula is C37H40FNO5S. The van der Waals surface area contributed by atoms with Gasteiger partial charge in [0.2, 0.25) is 0 Å². The van der Waals surface area contributed by atoms with Gasteiger partial charge in [-0.05, 0) is 71.8 Å². The molecule has 6 rings (SSSR count). The molecular weight excluding hydrogens is 589 g/mol. The standard InChI is InChI=1S/C37H40FNO5S/c38-28-16-13-25(14-17-28)33(42)7-4-8-36-37(39(23-45-36)29-5-2-1-3-6-29)32-18-15-27(19-34(32)43)24-9-11-26(12-10-24)35-21-30(41)20-31(22-40)44-35/h1-3,5-6,9-19,30-31,33,35-37,40-43H,4,7-8,20-23H2. The van der Waals surface area contributed by atoms with E-state index in [1.807, 2.05) is 72.4 Å². The van der Waals surface area contributed by atoms with E-state index in [9.17, 15) is 24.8 Å². The number of phenolic OH excluding ortho intramolecular Hbond substituents is 1. The fourth-order valence-electron chi connectivity index (χ4n) is 6.56. The van der Waals surface area contributed by atoms with Crippen molar-refractivity contribution in [2.45, 2.75) is 67.8 Å². The zero-order valence-electron chi connectivity index (χ0n) is 25.1. The highest BCUT2D eigenvalue weighted by molar-refractivity contribution is 8.00. The van der Waals surface area contributed by atoms with Crippen LogP contribution in [0, 0.1) is 5.82 Å². The third kappa shape index (κ3) is 7.37. The van der Waals surface area contributed by atoms with E-state index in [0.717, 1.165) is 52.2 Å². The summed E-state index contributed by atoms with van der Waals surface area (Å²) >= 11 is 1.86. The second-order valence-corrected chi connectivity index (χ2v) is 13.2. The van der Waals surface area contributed by atoms with E-state index < -0.39 is 12.2 Å². The Balaban J connectivity index is 1.19. The van der Waals surface area contributed by atoms with Crippen molar-refractivity contribution in [3.63, 3.8) is 0 Å². The average Bonchev–Trinajstić information content (AvgIpc) is 3.48. The molecule has 2 heterocycles. The van der Waals surface area contributed by atoms with Gasteiger partial charge >= 0.3 is 0 Å². The fraction of sp³-hybridized carbons (Fsp3) is 0.351. The number of hydrogen-bond acceptors (Lipinski definition) is 7. The second-order valence-electron chi connectivity index (χ2n) is 12.0. The number of aliphatic hydroxyl groups is 3. The van der Waals surface area contributed by atoms with Crippen molar-refractivity contribution >= 4 is 17.4 Å². The Morgan fingerprint density at radius 3 is 2.36 bits per heavy atom. The highest BCUT2D eigenvalue weighted by atomic mass is 32.2. The van der Waals surface area contributed by atoms with Gasteiger partial charge in [-0.25, -0.2) is 4.39 Å². The van der Waals surface area contributed by atoms with Crippen LogP contribution in [0.15, 0.2) is 97.1 Å². The van der Waals surface area contributed by atoms with Gasteiger partial charge in [-0.15, -0.1) is 11.8 Å². The maximum atomic E-state index is 13.3. The number of benzene rings is 4. The smallest absolute Gasteiger partial charge is 0.123 e. The van der Waals surface area contributed by atoms with Crippen LogP contribution in [0.2, 0.25) is 0 Å². The van der Waals surface area contributed by atoms with Gasteiger partial charge in [-0.1, -0.05) is 66.7 Å². The fourth-order valence-corrected chi connectivity index (χ4v) is 8.03. The maximum Gasteiger partial charge on any atom is 0.123 e. The largest absolute Gasteiger partial charge is 0.508 e. The molecule has 0 aromatic heterocycles. The van der Waals surface area contributed by atoms with E-state index in [0.29, 0.717) is 19.3 Å². The Labute approximate surface area is 268 Å². The molecule has 6 nitrogen and oxygen atoms in total. The number of hydrogen-bond donors (Lipinski definition) is 4. The molecule has 0 amide bonds. The Kier molecular flexibility index (Phi) is 10.1. The zero-order valence-corrected chi connectivity index (χ0v) is 25.9. The normalized spacial score (nSPS) is 24.1. The summed E-state index contributed by atoms with van der Waals surface area (Å²) in [4.78, 5) is 2.34. The number of phenols is 1. The minimum Gasteiger partial charge on any atom is -0.508 e. The Hall–Kier alpha value is -3.40. The summed E-state index contributed by atoms with van der Waals surface area (Å²) in [5, 5.41) is 42.1. The third-order valence-electron chi connectivity index (χ3n) is 8.97. The van der Waals surface area contributed by atoms with E-state index in [1.54, 1.807) is 12.1 Å². The van der Waals surface area contributed by atoms with Crippen LogP contribution in [-0.4, -0.2) is 50.4 Å². The van der Waals surface area contributed by atoms with Crippen LogP contribution in [-0.2, 0) is 4.74 Å². The first-order valence-electron chi connectivity index (χ1n) is 15.6. The first-order chi connectivity index (χ1) is 21.9. The molecule has 0 bridgehead atoms. The highest BCUT2D eigenvalue weighted by Crippen LogP contribution is 2.48. The first-order valence-corrected chi connectivity index (χ1v) is 16.7. The summed E-state index contributed by atoms with van der Waals surface area (Å²) in [5.74, 6) is 0.718. The van der Waals surface area contributed by atoms with Crippen LogP contribution in [0.1, 0.15) is 67.0 Å². The van der Waals surface area contributed by atoms with Gasteiger partial charge in [0.05, 0.1) is 42.9 Å². The summed E-state index contributed by atoms with van der Waals surface area (Å²) in [6, 6.07) is 30.1. The molecule has 236 valence electrons. The molecule has 2 aliphatic rings. The molecule has 4 aromatic carbocycles. The number of ether oxygens (including phenoxy) is 1. The van der Waals surface area contributed by atoms with Crippen molar-refractivity contribution in [2.24, 2.45) is 0 Å². The molecule has 0 saturated carbocycles. The van der Waals surface area contributed by atoms with E-state index in [4.69, 9.17) is 4.74 Å². The SMILES string of the molecule is OCC1CC(O)CC(c2ccc(-c3ccc(C4C(CCCC(O)c5ccc(F)cc5)SCN4c4ccccc4)c(O)c3)cc2)O1. The highest BCUT2D eigenvalue weighted by Gasteiger charge is 2.37. The van der Waals surface area contributed by atoms with Crippen LogP contribution in [0.25, 0.3) is 11.1 Å². The lowest BCUT2D eigenvalue weighted by Crippen LogP contribution is -2.33. The van der Waals surface area contributed by atoms with Crippen molar-refractivity contribution in [3.05, 3.63) is 120 Å². The molecule has 0 aliphatic carbocycles. The molecule has 0 radical (unpaired) electrons. The summed E-state index contributed by atoms with van der Waals surface area (Å²) in [7, 11) is 0. The second kappa shape index (κ2) is 14.4. The van der Waals surface area contributed by atoms with Crippen molar-refractivity contribution < 1.29 is 29.6 Å². The summed E-state index contributed by atoms with van der Waals surface area (Å²) in [6.45, 7) is -0.114. The number of anilines is 1. The molecule has 2 fully saturated rings. The van der Waals surface area contributed by atoms with E-state index in [-0.39, 0.29) is 41.7 Å². The van der Waals surface area contributed by atoms with Crippen LogP contribution >= 0.6 is 11.8 Å². The minimum absolute atomic E-state index is 0.0499. The van der Waals surface area contributed by atoms with Crippen LogP contribution in [0.4, 0.5) is 10.1 Å². The summed E-state index contributed by atoms with van der Waals surface area (Å²) in [5.41, 5.74) is 5.50. The first kappa shape index (κ1) is 31.6. The molecule has 0 spiro atoms. The molecule has 2 saturated heterocycles. The number of rotatable bonds is 10. The quantitative estimate of drug-likeness (QED) is 0.146. The average molecular weight is 630 g/mol. The Bertz CT molecular complexity index is 1540. The molecule has 8 heteroatoms. The van der Waals surface area contributed by atoms with Gasteiger partial charge in [0.25, 0.3) is 0 Å². The lowest BCUT2D eigenvalue weighted by Gasteiger charge is -2.32. The number of para-hydroxylation sites is 1. The molecule has 6 unspecified atom stereocenters. The Morgan fingerprint density at radius 1 is 0.911 bits per heavy atom. The number of nitrogens with zero attached hydrogens (tertiary/aromatic N) is 1. The lowest BCUT2D eigenvalue weighted by molar-refractivity contribution is -0.113. The zero-order chi connectivity index (χ0) is 31.3. The lowest BCUT2D eigenvalue weighted by atomic mass is 9.92. The minimum atomic E-state index is -0.648. The number of aliphatic hydroxyl groups excluding tert-OH is 3. The number of halogens is 1. The molecule has 45 heavy (non-hydrogen) atoms. The van der Waals surface area contributed by atoms with Crippen molar-refractivity contribution in [1.82, 2.24) is 0 Å². The van der Waals surface area contributed by atoms with Crippen molar-refractivity contribution in [1.29, 1.82) is 0 Å². The summed E-state index contributed by atoms with van der Waals surface area (Å²) in [6.07, 6.45) is 1.38. The Morgan fingerprint density at radius 2 is 1.64 bits per heavy atom. The van der Waals surface area contributed by atoms with Crippen LogP contribution < -0.4 is 4.90 Å². The summed E-state index contributed by atoms with van der Waals surface area (Å²) < 4.78 is 19.3. The van der Waals surface area contributed by atoms with E-state index in [1.165, 1.54) is 12.1 Å². The van der Waals surface area contributed by atoms with Gasteiger partial charge in [0.1, 0.15) is 11.6 Å². The van der Waals surface area contributed by atoms with Crippen LogP contribution in [0.3, 0.4) is 0 Å². The molecule has 4 aromatic rings. The van der Waals surface area contributed by atoms with Crippen molar-refractivity contribution in [3.8, 4) is 16.9 Å². The van der Waals surface area contributed by atoms with Gasteiger partial charge in [-0.3, -0.25) is 0 Å². The predicted octanol–water partition coefficient (Wildman–Crippen LogP) is 7.30. The predicted molar refractivity (Wildman–Crippen MR) is 177 cm³/mol. The third-order valence-corrected chi connectivity index (χ3v) is 10.3. The maximum absolute atomic E-state index is 13.3. The number of thioether (sulfide) groups is 1. The topological polar surface area (TPSA) is 93.4 Å². The number of aromatic hydroxyl groups is 1. The van der Waals surface area contributed by atoms with Gasteiger partial charge in [0.15, 0.2) is 0 Å². The van der Waals surface area contributed by atoms with Crippen molar-refractivity contribution in [2.75, 3.05) is 17.4 Å².